The van der Waals surface area contributed by atoms with Gasteiger partial charge < -0.3 is 14.8 Å². The normalized spacial score (nSPS) is 10.1. The molecular formula is C17H15ClFNO4. The molecule has 0 radical (unpaired) electrons. The number of halogens is 2. The third kappa shape index (κ3) is 4.70. The van der Waals surface area contributed by atoms with E-state index < -0.39 is 11.7 Å². The Balaban J connectivity index is 2.03. The van der Waals surface area contributed by atoms with E-state index in [9.17, 15) is 14.0 Å². The van der Waals surface area contributed by atoms with Crippen LogP contribution >= 0.6 is 11.6 Å². The molecule has 0 heterocycles. The van der Waals surface area contributed by atoms with E-state index in [1.807, 2.05) is 0 Å². The van der Waals surface area contributed by atoms with Crippen LogP contribution < -0.4 is 14.8 Å². The highest BCUT2D eigenvalue weighted by atomic mass is 35.5. The summed E-state index contributed by atoms with van der Waals surface area (Å²) in [6.07, 6.45) is 0.681. The first-order chi connectivity index (χ1) is 11.5. The van der Waals surface area contributed by atoms with Gasteiger partial charge in [-0.15, -0.1) is 0 Å². The van der Waals surface area contributed by atoms with E-state index in [0.717, 1.165) is 6.07 Å². The number of anilines is 1. The van der Waals surface area contributed by atoms with Crippen molar-refractivity contribution in [2.45, 2.75) is 6.92 Å². The summed E-state index contributed by atoms with van der Waals surface area (Å²) in [5.41, 5.74) is 0.397. The van der Waals surface area contributed by atoms with Crippen LogP contribution in [-0.4, -0.2) is 25.4 Å². The molecule has 1 amide bonds. The van der Waals surface area contributed by atoms with Gasteiger partial charge in [0.15, 0.2) is 18.1 Å². The number of ether oxygens (including phenoxy) is 2. The second-order valence-corrected chi connectivity index (χ2v) is 5.15. The van der Waals surface area contributed by atoms with Crippen molar-refractivity contribution in [3.8, 4) is 11.5 Å². The molecule has 0 aliphatic carbocycles. The van der Waals surface area contributed by atoms with Crippen molar-refractivity contribution in [1.29, 1.82) is 0 Å². The number of carbonyl (C=O) groups excluding carboxylic acids is 2. The summed E-state index contributed by atoms with van der Waals surface area (Å²) in [5, 5.41) is 2.68. The maximum absolute atomic E-state index is 13.6. The number of aldehydes is 1. The second kappa shape index (κ2) is 8.31. The summed E-state index contributed by atoms with van der Waals surface area (Å²) >= 11 is 5.76. The zero-order chi connectivity index (χ0) is 17.5. The van der Waals surface area contributed by atoms with Gasteiger partial charge in [-0.05, 0) is 43.3 Å². The van der Waals surface area contributed by atoms with E-state index in [4.69, 9.17) is 21.1 Å². The van der Waals surface area contributed by atoms with Crippen LogP contribution in [0.4, 0.5) is 10.1 Å². The number of carbonyl (C=O) groups is 2. The van der Waals surface area contributed by atoms with Crippen molar-refractivity contribution in [2.75, 3.05) is 18.5 Å². The van der Waals surface area contributed by atoms with Crippen molar-refractivity contribution in [3.63, 3.8) is 0 Å². The molecule has 1 N–H and O–H groups in total. The van der Waals surface area contributed by atoms with Crippen molar-refractivity contribution >= 4 is 29.5 Å². The molecular weight excluding hydrogens is 337 g/mol. The molecule has 0 spiro atoms. The van der Waals surface area contributed by atoms with Gasteiger partial charge in [0, 0.05) is 10.6 Å². The molecule has 5 nitrogen and oxygen atoms in total. The maximum atomic E-state index is 13.6. The van der Waals surface area contributed by atoms with Crippen molar-refractivity contribution in [3.05, 3.63) is 52.8 Å². The molecule has 0 saturated heterocycles. The molecule has 0 aliphatic rings. The lowest BCUT2D eigenvalue weighted by atomic mass is 10.2. The Labute approximate surface area is 143 Å². The minimum absolute atomic E-state index is 0.0302. The quantitative estimate of drug-likeness (QED) is 0.772. The minimum atomic E-state index is -0.599. The Morgan fingerprint density at radius 1 is 1.21 bits per heavy atom. The number of hydrogen-bond acceptors (Lipinski definition) is 4. The fourth-order valence-corrected chi connectivity index (χ4v) is 2.08. The van der Waals surface area contributed by atoms with E-state index in [-0.39, 0.29) is 12.3 Å². The first kappa shape index (κ1) is 17.7. The van der Waals surface area contributed by atoms with E-state index in [1.165, 1.54) is 24.3 Å². The van der Waals surface area contributed by atoms with Crippen molar-refractivity contribution in [1.82, 2.24) is 0 Å². The molecule has 0 unspecified atom stereocenters. The summed E-state index contributed by atoms with van der Waals surface area (Å²) < 4.78 is 24.3. The van der Waals surface area contributed by atoms with E-state index in [0.29, 0.717) is 35.0 Å². The first-order valence-electron chi connectivity index (χ1n) is 7.13. The molecule has 0 atom stereocenters. The molecule has 0 saturated carbocycles. The number of benzene rings is 2. The Bertz CT molecular complexity index is 751. The zero-order valence-electron chi connectivity index (χ0n) is 12.8. The average molecular weight is 352 g/mol. The predicted molar refractivity (Wildman–Crippen MR) is 88.5 cm³/mol. The fraction of sp³-hybridized carbons (Fsp3) is 0.176. The molecule has 2 aromatic rings. The lowest BCUT2D eigenvalue weighted by Gasteiger charge is -2.12. The topological polar surface area (TPSA) is 64.6 Å². The SMILES string of the molecule is CCOc1cc(C=O)ccc1OCC(=O)Nc1cc(Cl)ccc1F. The molecule has 24 heavy (non-hydrogen) atoms. The van der Waals surface area contributed by atoms with Crippen LogP contribution in [0.15, 0.2) is 36.4 Å². The molecule has 0 aliphatic heterocycles. The van der Waals surface area contributed by atoms with Crippen LogP contribution in [0.5, 0.6) is 11.5 Å². The maximum Gasteiger partial charge on any atom is 0.262 e. The molecule has 2 rings (SSSR count). The summed E-state index contributed by atoms with van der Waals surface area (Å²) in [5.74, 6) is -0.496. The molecule has 7 heteroatoms. The van der Waals surface area contributed by atoms with E-state index in [1.54, 1.807) is 13.0 Å². The first-order valence-corrected chi connectivity index (χ1v) is 7.51. The Morgan fingerprint density at radius 3 is 2.71 bits per heavy atom. The number of rotatable bonds is 7. The highest BCUT2D eigenvalue weighted by Gasteiger charge is 2.11. The molecule has 0 bridgehead atoms. The lowest BCUT2D eigenvalue weighted by molar-refractivity contribution is -0.118. The van der Waals surface area contributed by atoms with Crippen LogP contribution in [-0.2, 0) is 4.79 Å². The second-order valence-electron chi connectivity index (χ2n) is 4.72. The average Bonchev–Trinajstić information content (AvgIpc) is 2.57. The lowest BCUT2D eigenvalue weighted by Crippen LogP contribution is -2.21. The number of nitrogens with one attached hydrogen (secondary N) is 1. The van der Waals surface area contributed by atoms with Crippen LogP contribution in [0.3, 0.4) is 0 Å². The van der Waals surface area contributed by atoms with Gasteiger partial charge in [-0.2, -0.15) is 0 Å². The van der Waals surface area contributed by atoms with Crippen molar-refractivity contribution in [2.24, 2.45) is 0 Å². The van der Waals surface area contributed by atoms with E-state index >= 15 is 0 Å². The zero-order valence-corrected chi connectivity index (χ0v) is 13.6. The summed E-state index contributed by atoms with van der Waals surface area (Å²) in [7, 11) is 0. The Morgan fingerprint density at radius 2 is 2.00 bits per heavy atom. The predicted octanol–water partition coefficient (Wildman–Crippen LogP) is 3.71. The van der Waals surface area contributed by atoms with Gasteiger partial charge in [-0.1, -0.05) is 11.6 Å². The van der Waals surface area contributed by atoms with Gasteiger partial charge in [-0.3, -0.25) is 9.59 Å². The number of amides is 1. The van der Waals surface area contributed by atoms with Gasteiger partial charge in [0.25, 0.3) is 5.91 Å². The van der Waals surface area contributed by atoms with Gasteiger partial charge in [0.1, 0.15) is 12.1 Å². The van der Waals surface area contributed by atoms with Crippen LogP contribution in [0.25, 0.3) is 0 Å². The van der Waals surface area contributed by atoms with Crippen molar-refractivity contribution < 1.29 is 23.5 Å². The van der Waals surface area contributed by atoms with Crippen LogP contribution in [0.2, 0.25) is 5.02 Å². The van der Waals surface area contributed by atoms with Crippen LogP contribution in [0.1, 0.15) is 17.3 Å². The Hall–Kier alpha value is -2.60. The standard InChI is InChI=1S/C17H15ClFNO4/c1-2-23-16-7-11(9-21)3-6-15(16)24-10-17(22)20-14-8-12(18)4-5-13(14)19/h3-9H,2,10H2,1H3,(H,20,22). The van der Waals surface area contributed by atoms with Gasteiger partial charge in [-0.25, -0.2) is 4.39 Å². The van der Waals surface area contributed by atoms with Gasteiger partial charge in [0.05, 0.1) is 12.3 Å². The molecule has 0 fully saturated rings. The summed E-state index contributed by atoms with van der Waals surface area (Å²) in [6.45, 7) is 1.80. The molecule has 2 aromatic carbocycles. The highest BCUT2D eigenvalue weighted by Crippen LogP contribution is 2.28. The monoisotopic (exact) mass is 351 g/mol. The third-order valence-electron chi connectivity index (χ3n) is 2.96. The molecule has 126 valence electrons. The highest BCUT2D eigenvalue weighted by molar-refractivity contribution is 6.30. The summed E-state index contributed by atoms with van der Waals surface area (Å²) in [6, 6.07) is 8.43. The minimum Gasteiger partial charge on any atom is -0.490 e. The summed E-state index contributed by atoms with van der Waals surface area (Å²) in [4.78, 5) is 22.7. The third-order valence-corrected chi connectivity index (χ3v) is 3.20. The van der Waals surface area contributed by atoms with Crippen LogP contribution in [0, 0.1) is 5.82 Å². The fourth-order valence-electron chi connectivity index (χ4n) is 1.91. The number of hydrogen-bond donors (Lipinski definition) is 1. The Kier molecular flexibility index (Phi) is 6.14. The van der Waals surface area contributed by atoms with Gasteiger partial charge >= 0.3 is 0 Å². The smallest absolute Gasteiger partial charge is 0.262 e. The van der Waals surface area contributed by atoms with Gasteiger partial charge in [0.2, 0.25) is 0 Å². The van der Waals surface area contributed by atoms with E-state index in [2.05, 4.69) is 5.32 Å². The molecule has 0 aromatic heterocycles. The largest absolute Gasteiger partial charge is 0.490 e.